The van der Waals surface area contributed by atoms with Crippen molar-refractivity contribution in [1.29, 1.82) is 0 Å². The number of hydrogen-bond acceptors (Lipinski definition) is 2. The third-order valence-corrected chi connectivity index (χ3v) is 2.94. The van der Waals surface area contributed by atoms with E-state index in [1.807, 2.05) is 22.7 Å². The van der Waals surface area contributed by atoms with Crippen LogP contribution in [0.1, 0.15) is 5.56 Å². The quantitative estimate of drug-likeness (QED) is 0.749. The van der Waals surface area contributed by atoms with Gasteiger partial charge in [0.2, 0.25) is 0 Å². The van der Waals surface area contributed by atoms with Crippen molar-refractivity contribution in [3.05, 3.63) is 60.2 Å². The van der Waals surface area contributed by atoms with Gasteiger partial charge >= 0.3 is 0 Å². The molecule has 3 aromatic rings. The second-order valence-electron chi connectivity index (χ2n) is 4.10. The van der Waals surface area contributed by atoms with Crippen LogP contribution in [0.5, 0.6) is 0 Å². The molecule has 0 bridgehead atoms. The molecule has 0 unspecified atom stereocenters. The summed E-state index contributed by atoms with van der Waals surface area (Å²) in [6.07, 6.45) is 3.62. The van der Waals surface area contributed by atoms with Crippen molar-refractivity contribution in [2.45, 2.75) is 6.54 Å². The monoisotopic (exact) mass is 241 g/mol. The minimum absolute atomic E-state index is 0.275. The zero-order valence-corrected chi connectivity index (χ0v) is 9.68. The number of nitrogens with zero attached hydrogens (tertiary/aromatic N) is 2. The number of halogens is 1. The summed E-state index contributed by atoms with van der Waals surface area (Å²) in [4.78, 5) is 4.28. The van der Waals surface area contributed by atoms with Crippen molar-refractivity contribution < 1.29 is 4.39 Å². The molecule has 0 aliphatic heterocycles. The Bertz CT molecular complexity index is 703. The highest BCUT2D eigenvalue weighted by Gasteiger charge is 2.10. The molecule has 0 spiro atoms. The van der Waals surface area contributed by atoms with Crippen molar-refractivity contribution in [1.82, 2.24) is 9.38 Å². The number of nitrogens with two attached hydrogens (primary N) is 1. The molecular formula is C14H12FN3. The molecule has 18 heavy (non-hydrogen) atoms. The summed E-state index contributed by atoms with van der Waals surface area (Å²) in [5.74, 6) is 0.321. The lowest BCUT2D eigenvalue weighted by atomic mass is 10.2. The Morgan fingerprint density at radius 1 is 1.17 bits per heavy atom. The first-order chi connectivity index (χ1) is 8.79. The number of hydrogen-bond donors (Lipinski definition) is 1. The molecule has 0 saturated heterocycles. The summed E-state index contributed by atoms with van der Waals surface area (Å²) >= 11 is 0. The van der Waals surface area contributed by atoms with Gasteiger partial charge < -0.3 is 5.73 Å². The summed E-state index contributed by atoms with van der Waals surface area (Å²) in [7, 11) is 0. The molecule has 2 heterocycles. The number of aromatic nitrogens is 2. The molecule has 2 N–H and O–H groups in total. The van der Waals surface area contributed by atoms with Crippen LogP contribution in [0.3, 0.4) is 0 Å². The summed E-state index contributed by atoms with van der Waals surface area (Å²) < 4.78 is 15.6. The SMILES string of the molecule is NCc1ccc2cnc(-c3ccccc3F)n2c1. The van der Waals surface area contributed by atoms with E-state index in [1.54, 1.807) is 24.4 Å². The first-order valence-electron chi connectivity index (χ1n) is 5.70. The van der Waals surface area contributed by atoms with Crippen molar-refractivity contribution in [2.24, 2.45) is 5.73 Å². The number of fused-ring (bicyclic) bond motifs is 1. The Balaban J connectivity index is 2.26. The largest absolute Gasteiger partial charge is 0.326 e. The van der Waals surface area contributed by atoms with Gasteiger partial charge in [0.1, 0.15) is 11.6 Å². The molecule has 3 nitrogen and oxygen atoms in total. The lowest BCUT2D eigenvalue weighted by molar-refractivity contribution is 0.630. The highest BCUT2D eigenvalue weighted by molar-refractivity contribution is 5.63. The van der Waals surface area contributed by atoms with Crippen LogP contribution >= 0.6 is 0 Å². The third-order valence-electron chi connectivity index (χ3n) is 2.94. The van der Waals surface area contributed by atoms with Gasteiger partial charge in [-0.3, -0.25) is 4.40 Å². The average Bonchev–Trinajstić information content (AvgIpc) is 2.82. The predicted molar refractivity (Wildman–Crippen MR) is 68.5 cm³/mol. The first-order valence-corrected chi connectivity index (χ1v) is 5.70. The van der Waals surface area contributed by atoms with Gasteiger partial charge in [-0.05, 0) is 23.8 Å². The maximum absolute atomic E-state index is 13.8. The molecule has 0 aliphatic carbocycles. The maximum atomic E-state index is 13.8. The van der Waals surface area contributed by atoms with E-state index in [9.17, 15) is 4.39 Å². The molecule has 4 heteroatoms. The lowest BCUT2D eigenvalue weighted by Gasteiger charge is -2.04. The zero-order chi connectivity index (χ0) is 12.5. The standard InChI is InChI=1S/C14H12FN3/c15-13-4-2-1-3-12(13)14-17-8-11-6-5-10(7-16)9-18(11)14/h1-6,8-9H,7,16H2. The van der Waals surface area contributed by atoms with Gasteiger partial charge in [0, 0.05) is 12.7 Å². The van der Waals surface area contributed by atoms with Gasteiger partial charge in [0.25, 0.3) is 0 Å². The van der Waals surface area contributed by atoms with E-state index < -0.39 is 0 Å². The number of rotatable bonds is 2. The number of benzene rings is 1. The predicted octanol–water partition coefficient (Wildman–Crippen LogP) is 2.60. The molecule has 2 aromatic heterocycles. The smallest absolute Gasteiger partial charge is 0.147 e. The zero-order valence-electron chi connectivity index (χ0n) is 9.68. The summed E-state index contributed by atoms with van der Waals surface area (Å²) in [6, 6.07) is 10.5. The van der Waals surface area contributed by atoms with E-state index >= 15 is 0 Å². The molecule has 90 valence electrons. The van der Waals surface area contributed by atoms with Gasteiger partial charge in [-0.1, -0.05) is 18.2 Å². The Morgan fingerprint density at radius 2 is 2.00 bits per heavy atom. The van der Waals surface area contributed by atoms with Crippen molar-refractivity contribution in [3.63, 3.8) is 0 Å². The molecule has 0 saturated carbocycles. The Morgan fingerprint density at radius 3 is 2.78 bits per heavy atom. The van der Waals surface area contributed by atoms with E-state index in [0.717, 1.165) is 11.1 Å². The number of imidazole rings is 1. The van der Waals surface area contributed by atoms with Crippen molar-refractivity contribution in [3.8, 4) is 11.4 Å². The minimum atomic E-state index is -0.275. The van der Waals surface area contributed by atoms with Crippen LogP contribution in [0, 0.1) is 5.82 Å². The van der Waals surface area contributed by atoms with Crippen molar-refractivity contribution >= 4 is 5.52 Å². The fourth-order valence-corrected chi connectivity index (χ4v) is 2.00. The van der Waals surface area contributed by atoms with E-state index in [-0.39, 0.29) is 5.82 Å². The van der Waals surface area contributed by atoms with Crippen LogP contribution in [0.4, 0.5) is 4.39 Å². The van der Waals surface area contributed by atoms with Crippen LogP contribution in [-0.2, 0) is 6.54 Å². The summed E-state index contributed by atoms with van der Waals surface area (Å²) in [5.41, 5.74) is 8.02. The van der Waals surface area contributed by atoms with Crippen LogP contribution in [0.15, 0.2) is 48.8 Å². The fraction of sp³-hybridized carbons (Fsp3) is 0.0714. The lowest BCUT2D eigenvalue weighted by Crippen LogP contribution is -1.99. The maximum Gasteiger partial charge on any atom is 0.147 e. The van der Waals surface area contributed by atoms with Gasteiger partial charge in [-0.15, -0.1) is 0 Å². The van der Waals surface area contributed by atoms with Crippen LogP contribution in [0.25, 0.3) is 16.9 Å². The summed E-state index contributed by atoms with van der Waals surface area (Å²) in [5, 5.41) is 0. The van der Waals surface area contributed by atoms with E-state index in [4.69, 9.17) is 5.73 Å². The fourth-order valence-electron chi connectivity index (χ4n) is 2.00. The number of pyridine rings is 1. The second-order valence-corrected chi connectivity index (χ2v) is 4.10. The Kier molecular flexibility index (Phi) is 2.57. The van der Waals surface area contributed by atoms with E-state index in [1.165, 1.54) is 6.07 Å². The molecule has 0 amide bonds. The molecule has 3 rings (SSSR count). The van der Waals surface area contributed by atoms with Crippen molar-refractivity contribution in [2.75, 3.05) is 0 Å². The topological polar surface area (TPSA) is 43.3 Å². The average molecular weight is 241 g/mol. The molecule has 0 radical (unpaired) electrons. The van der Waals surface area contributed by atoms with Crippen LogP contribution in [-0.4, -0.2) is 9.38 Å². The van der Waals surface area contributed by atoms with Gasteiger partial charge in [0.15, 0.2) is 0 Å². The third kappa shape index (κ3) is 1.67. The Hall–Kier alpha value is -2.20. The summed E-state index contributed by atoms with van der Waals surface area (Å²) in [6.45, 7) is 0.449. The molecule has 0 aliphatic rings. The molecule has 0 atom stereocenters. The molecule has 1 aromatic carbocycles. The van der Waals surface area contributed by atoms with Crippen LogP contribution < -0.4 is 5.73 Å². The van der Waals surface area contributed by atoms with Gasteiger partial charge in [-0.2, -0.15) is 0 Å². The first kappa shape index (κ1) is 10.9. The van der Waals surface area contributed by atoms with E-state index in [0.29, 0.717) is 17.9 Å². The Labute approximate surface area is 104 Å². The minimum Gasteiger partial charge on any atom is -0.326 e. The highest BCUT2D eigenvalue weighted by atomic mass is 19.1. The van der Waals surface area contributed by atoms with Crippen LogP contribution in [0.2, 0.25) is 0 Å². The normalized spacial score (nSPS) is 11.0. The van der Waals surface area contributed by atoms with Gasteiger partial charge in [0.05, 0.1) is 17.3 Å². The van der Waals surface area contributed by atoms with E-state index in [2.05, 4.69) is 4.98 Å². The molecule has 0 fully saturated rings. The highest BCUT2D eigenvalue weighted by Crippen LogP contribution is 2.22. The molecular weight excluding hydrogens is 229 g/mol. The second kappa shape index (κ2) is 4.23. The van der Waals surface area contributed by atoms with Gasteiger partial charge in [-0.25, -0.2) is 9.37 Å².